The van der Waals surface area contributed by atoms with Gasteiger partial charge in [-0.3, -0.25) is 4.79 Å². The highest BCUT2D eigenvalue weighted by Gasteiger charge is 2.14. The second-order valence-corrected chi connectivity index (χ2v) is 7.49. The molecule has 0 atom stereocenters. The van der Waals surface area contributed by atoms with Crippen LogP contribution in [0.5, 0.6) is 5.75 Å². The lowest BCUT2D eigenvalue weighted by molar-refractivity contribution is 0.0686. The number of fused-ring (bicyclic) bond motifs is 2. The molecule has 0 fully saturated rings. The van der Waals surface area contributed by atoms with Crippen LogP contribution in [-0.2, 0) is 0 Å². The van der Waals surface area contributed by atoms with E-state index in [4.69, 9.17) is 15.9 Å². The minimum absolute atomic E-state index is 0.128. The van der Waals surface area contributed by atoms with Crippen LogP contribution >= 0.6 is 0 Å². The topological polar surface area (TPSA) is 116 Å². The molecule has 164 valence electrons. The van der Waals surface area contributed by atoms with Gasteiger partial charge < -0.3 is 20.9 Å². The lowest BCUT2D eigenvalue weighted by atomic mass is 9.91. The van der Waals surface area contributed by atoms with E-state index in [-0.39, 0.29) is 6.04 Å². The highest BCUT2D eigenvalue weighted by molar-refractivity contribution is 5.90. The fraction of sp³-hybridized carbons (Fsp3) is 0.0370. The van der Waals surface area contributed by atoms with Gasteiger partial charge in [0, 0.05) is 12.3 Å². The molecule has 5 aromatic rings. The fourth-order valence-electron chi connectivity index (χ4n) is 3.85. The molecule has 1 heterocycles. The summed E-state index contributed by atoms with van der Waals surface area (Å²) in [6.07, 6.45) is 1.16. The number of pyridine rings is 1. The number of carboxylic acids is 1. The number of nitrogens with two attached hydrogens (primary N) is 1. The van der Waals surface area contributed by atoms with Crippen LogP contribution in [0.3, 0.4) is 0 Å². The summed E-state index contributed by atoms with van der Waals surface area (Å²) in [5.41, 5.74) is 7.80. The van der Waals surface area contributed by atoms with Crippen LogP contribution in [0.2, 0.25) is 0 Å². The summed E-state index contributed by atoms with van der Waals surface area (Å²) in [4.78, 5) is 23.1. The van der Waals surface area contributed by atoms with Gasteiger partial charge in [-0.2, -0.15) is 0 Å². The van der Waals surface area contributed by atoms with Crippen molar-refractivity contribution in [2.24, 2.45) is 5.73 Å². The van der Waals surface area contributed by atoms with Crippen molar-refractivity contribution in [1.82, 2.24) is 4.98 Å². The first-order valence-corrected chi connectivity index (χ1v) is 10.3. The Morgan fingerprint density at radius 1 is 0.758 bits per heavy atom. The van der Waals surface area contributed by atoms with Gasteiger partial charge in [-0.25, -0.2) is 4.79 Å². The van der Waals surface area contributed by atoms with Crippen molar-refractivity contribution in [3.8, 4) is 5.75 Å². The van der Waals surface area contributed by atoms with E-state index in [0.717, 1.165) is 12.3 Å². The van der Waals surface area contributed by atoms with E-state index in [1.807, 2.05) is 0 Å². The molecule has 4 aromatic carbocycles. The number of carbonyl (C=O) groups is 1. The van der Waals surface area contributed by atoms with Crippen molar-refractivity contribution in [2.75, 3.05) is 0 Å². The van der Waals surface area contributed by atoms with Crippen molar-refractivity contribution in [3.63, 3.8) is 0 Å². The second kappa shape index (κ2) is 9.38. The fourth-order valence-corrected chi connectivity index (χ4v) is 3.85. The molecule has 33 heavy (non-hydrogen) atoms. The summed E-state index contributed by atoms with van der Waals surface area (Å²) in [6.45, 7) is 0. The minimum Gasteiger partial charge on any atom is -0.502 e. The Morgan fingerprint density at radius 2 is 1.24 bits per heavy atom. The van der Waals surface area contributed by atoms with Crippen molar-refractivity contribution in [2.45, 2.75) is 6.04 Å². The van der Waals surface area contributed by atoms with Gasteiger partial charge in [-0.05, 0) is 32.7 Å². The molecule has 0 aliphatic rings. The van der Waals surface area contributed by atoms with E-state index < -0.39 is 22.8 Å². The number of benzene rings is 4. The third kappa shape index (κ3) is 4.46. The van der Waals surface area contributed by atoms with E-state index in [1.165, 1.54) is 32.7 Å². The van der Waals surface area contributed by atoms with Crippen molar-refractivity contribution >= 4 is 27.5 Å². The first-order chi connectivity index (χ1) is 16.0. The van der Waals surface area contributed by atoms with Gasteiger partial charge in [0.25, 0.3) is 0 Å². The SMILES string of the molecule is NC(c1cccc2ccccc12)c1cccc2ccccc12.O=C(O)c1[nH]ccc(=O)c1O. The molecule has 0 radical (unpaired) electrons. The van der Waals surface area contributed by atoms with Crippen LogP contribution in [0.4, 0.5) is 0 Å². The lowest BCUT2D eigenvalue weighted by Crippen LogP contribution is -2.12. The third-order valence-electron chi connectivity index (χ3n) is 5.46. The molecule has 0 bridgehead atoms. The Hall–Kier alpha value is -4.42. The van der Waals surface area contributed by atoms with Gasteiger partial charge in [0.1, 0.15) is 0 Å². The largest absolute Gasteiger partial charge is 0.502 e. The maximum absolute atomic E-state index is 10.6. The van der Waals surface area contributed by atoms with Gasteiger partial charge in [0.05, 0.1) is 6.04 Å². The Balaban J connectivity index is 0.000000200. The second-order valence-electron chi connectivity index (χ2n) is 7.49. The Bertz CT molecular complexity index is 1420. The van der Waals surface area contributed by atoms with E-state index in [0.29, 0.717) is 0 Å². The highest BCUT2D eigenvalue weighted by atomic mass is 16.4. The van der Waals surface area contributed by atoms with Crippen LogP contribution < -0.4 is 11.2 Å². The Morgan fingerprint density at radius 3 is 1.73 bits per heavy atom. The predicted molar refractivity (Wildman–Crippen MR) is 130 cm³/mol. The molecule has 1 aromatic heterocycles. The summed E-state index contributed by atoms with van der Waals surface area (Å²) in [6, 6.07) is 30.5. The zero-order valence-electron chi connectivity index (χ0n) is 17.6. The molecule has 0 spiro atoms. The summed E-state index contributed by atoms with van der Waals surface area (Å²) in [5, 5.41) is 22.1. The zero-order chi connectivity index (χ0) is 23.4. The van der Waals surface area contributed by atoms with Crippen LogP contribution in [0.25, 0.3) is 21.5 Å². The Labute approximate surface area is 189 Å². The molecule has 0 amide bonds. The number of rotatable bonds is 3. The molecule has 0 aliphatic heterocycles. The maximum Gasteiger partial charge on any atom is 0.356 e. The smallest absolute Gasteiger partial charge is 0.356 e. The molecule has 6 heteroatoms. The number of aromatic nitrogens is 1. The number of carboxylic acid groups (broad SMARTS) is 1. The van der Waals surface area contributed by atoms with Crippen LogP contribution in [0.1, 0.15) is 27.7 Å². The summed E-state index contributed by atoms with van der Waals surface area (Å²) >= 11 is 0. The zero-order valence-corrected chi connectivity index (χ0v) is 17.6. The van der Waals surface area contributed by atoms with Gasteiger partial charge in [0.2, 0.25) is 5.43 Å². The molecule has 0 aliphatic carbocycles. The monoisotopic (exact) mass is 438 g/mol. The van der Waals surface area contributed by atoms with Crippen LogP contribution in [-0.4, -0.2) is 21.2 Å². The quantitative estimate of drug-likeness (QED) is 0.322. The molecule has 5 rings (SSSR count). The average molecular weight is 438 g/mol. The molecule has 6 nitrogen and oxygen atoms in total. The van der Waals surface area contributed by atoms with E-state index >= 15 is 0 Å². The van der Waals surface area contributed by atoms with E-state index in [9.17, 15) is 9.59 Å². The lowest BCUT2D eigenvalue weighted by Gasteiger charge is -2.17. The summed E-state index contributed by atoms with van der Waals surface area (Å²) in [5.74, 6) is -2.12. The van der Waals surface area contributed by atoms with E-state index in [2.05, 4.69) is 89.9 Å². The highest BCUT2D eigenvalue weighted by Crippen LogP contribution is 2.31. The van der Waals surface area contributed by atoms with Crippen molar-refractivity contribution in [3.05, 3.63) is 124 Å². The predicted octanol–water partition coefficient (Wildman–Crippen LogP) is 4.82. The molecule has 0 unspecified atom stereocenters. The number of aromatic amines is 1. The number of aromatic hydroxyl groups is 1. The number of hydrogen-bond donors (Lipinski definition) is 4. The van der Waals surface area contributed by atoms with Crippen molar-refractivity contribution in [1.29, 1.82) is 0 Å². The first kappa shape index (κ1) is 21.8. The molecule has 5 N–H and O–H groups in total. The van der Waals surface area contributed by atoms with Gasteiger partial charge >= 0.3 is 5.97 Å². The Kier molecular flexibility index (Phi) is 6.20. The summed E-state index contributed by atoms with van der Waals surface area (Å²) in [7, 11) is 0. The van der Waals surface area contributed by atoms with Gasteiger partial charge in [0.15, 0.2) is 11.4 Å². The number of aromatic carboxylic acids is 1. The standard InChI is InChI=1S/C21H17N.C6H5NO4/c22-21(19-13-5-9-15-7-1-3-11-17(15)19)20-14-6-10-16-8-2-4-12-18(16)20;8-3-1-2-7-4(5(3)9)6(10)11/h1-14,21H,22H2;1-2,9H,(H,7,8)(H,10,11). The molecule has 0 saturated carbocycles. The normalized spacial score (nSPS) is 10.7. The van der Waals surface area contributed by atoms with Crippen LogP contribution in [0.15, 0.2) is 102 Å². The minimum atomic E-state index is -1.36. The molecular weight excluding hydrogens is 416 g/mol. The van der Waals surface area contributed by atoms with E-state index in [1.54, 1.807) is 0 Å². The maximum atomic E-state index is 10.6. The van der Waals surface area contributed by atoms with Gasteiger partial charge in [-0.15, -0.1) is 0 Å². The van der Waals surface area contributed by atoms with Crippen molar-refractivity contribution < 1.29 is 15.0 Å². The number of hydrogen-bond acceptors (Lipinski definition) is 4. The van der Waals surface area contributed by atoms with Gasteiger partial charge in [-0.1, -0.05) is 84.9 Å². The third-order valence-corrected chi connectivity index (χ3v) is 5.46. The number of nitrogens with one attached hydrogen (secondary N) is 1. The first-order valence-electron chi connectivity index (χ1n) is 10.3. The van der Waals surface area contributed by atoms with Crippen LogP contribution in [0, 0.1) is 0 Å². The molecule has 0 saturated heterocycles. The molecular formula is C27H22N2O4. The average Bonchev–Trinajstić information content (AvgIpc) is 2.85. The number of H-pyrrole nitrogens is 1. The summed E-state index contributed by atoms with van der Waals surface area (Å²) < 4.78 is 0.